The molecule has 4 nitrogen and oxygen atoms in total. The standard InChI is InChI=1S/C14H22N2O2/c1-14(2,3)16-13(17)9-15-11-5-4-6-12-10(11)7-8-18-12/h7-8,11,15H,4-6,9H2,1-3H3,(H,16,17)/t11-/m1/s1. The Bertz CT molecular complexity index is 418. The summed E-state index contributed by atoms with van der Waals surface area (Å²) in [4.78, 5) is 11.8. The second-order valence-corrected chi connectivity index (χ2v) is 5.92. The van der Waals surface area contributed by atoms with E-state index in [-0.39, 0.29) is 17.5 Å². The minimum Gasteiger partial charge on any atom is -0.469 e. The van der Waals surface area contributed by atoms with E-state index in [1.54, 1.807) is 6.26 Å². The van der Waals surface area contributed by atoms with Crippen LogP contribution in [0.2, 0.25) is 0 Å². The molecule has 0 spiro atoms. The van der Waals surface area contributed by atoms with E-state index in [0.29, 0.717) is 6.54 Å². The summed E-state index contributed by atoms with van der Waals surface area (Å²) in [5.41, 5.74) is 1.04. The van der Waals surface area contributed by atoms with E-state index in [1.165, 1.54) is 5.56 Å². The quantitative estimate of drug-likeness (QED) is 0.864. The van der Waals surface area contributed by atoms with Gasteiger partial charge in [0.2, 0.25) is 5.91 Å². The normalized spacial score (nSPS) is 19.4. The molecule has 1 aliphatic rings. The minimum absolute atomic E-state index is 0.0399. The fourth-order valence-electron chi connectivity index (χ4n) is 2.38. The molecule has 0 aliphatic heterocycles. The molecule has 1 atom stereocenters. The van der Waals surface area contributed by atoms with Gasteiger partial charge in [-0.2, -0.15) is 0 Å². The van der Waals surface area contributed by atoms with Gasteiger partial charge in [0.1, 0.15) is 5.76 Å². The van der Waals surface area contributed by atoms with Crippen molar-refractivity contribution in [2.24, 2.45) is 0 Å². The van der Waals surface area contributed by atoms with E-state index in [1.807, 2.05) is 26.8 Å². The second-order valence-electron chi connectivity index (χ2n) is 5.92. The largest absolute Gasteiger partial charge is 0.469 e. The molecule has 1 aromatic rings. The van der Waals surface area contributed by atoms with Crippen LogP contribution in [-0.4, -0.2) is 18.0 Å². The van der Waals surface area contributed by atoms with E-state index >= 15 is 0 Å². The van der Waals surface area contributed by atoms with Crippen LogP contribution in [0.5, 0.6) is 0 Å². The molecule has 0 saturated heterocycles. The van der Waals surface area contributed by atoms with Crippen molar-refractivity contribution in [3.63, 3.8) is 0 Å². The Morgan fingerprint density at radius 2 is 2.28 bits per heavy atom. The van der Waals surface area contributed by atoms with Crippen LogP contribution in [-0.2, 0) is 11.2 Å². The van der Waals surface area contributed by atoms with Crippen LogP contribution < -0.4 is 10.6 Å². The Hall–Kier alpha value is -1.29. The van der Waals surface area contributed by atoms with Crippen LogP contribution in [0.4, 0.5) is 0 Å². The monoisotopic (exact) mass is 250 g/mol. The molecule has 1 amide bonds. The van der Waals surface area contributed by atoms with Crippen molar-refractivity contribution in [2.45, 2.75) is 51.6 Å². The van der Waals surface area contributed by atoms with Crippen molar-refractivity contribution >= 4 is 5.91 Å². The van der Waals surface area contributed by atoms with Gasteiger partial charge in [-0.1, -0.05) is 0 Å². The molecular formula is C14H22N2O2. The minimum atomic E-state index is -0.174. The Kier molecular flexibility index (Phi) is 3.76. The number of aryl methyl sites for hydroxylation is 1. The Balaban J connectivity index is 1.87. The van der Waals surface area contributed by atoms with Crippen LogP contribution >= 0.6 is 0 Å². The molecule has 0 bridgehead atoms. The fraction of sp³-hybridized carbons (Fsp3) is 0.643. The van der Waals surface area contributed by atoms with Crippen molar-refractivity contribution in [2.75, 3.05) is 6.54 Å². The van der Waals surface area contributed by atoms with Crippen LogP contribution in [0.25, 0.3) is 0 Å². The molecule has 2 rings (SSSR count). The van der Waals surface area contributed by atoms with Crippen molar-refractivity contribution in [3.8, 4) is 0 Å². The van der Waals surface area contributed by atoms with Gasteiger partial charge in [0.15, 0.2) is 0 Å². The number of hydrogen-bond acceptors (Lipinski definition) is 3. The van der Waals surface area contributed by atoms with Gasteiger partial charge in [-0.25, -0.2) is 0 Å². The second kappa shape index (κ2) is 5.14. The van der Waals surface area contributed by atoms with E-state index in [2.05, 4.69) is 10.6 Å². The molecule has 18 heavy (non-hydrogen) atoms. The van der Waals surface area contributed by atoms with Gasteiger partial charge in [-0.05, 0) is 39.7 Å². The lowest BCUT2D eigenvalue weighted by atomic mass is 9.93. The van der Waals surface area contributed by atoms with Gasteiger partial charge < -0.3 is 15.1 Å². The first-order valence-electron chi connectivity index (χ1n) is 6.56. The van der Waals surface area contributed by atoms with E-state index < -0.39 is 0 Å². The molecule has 0 saturated carbocycles. The lowest BCUT2D eigenvalue weighted by molar-refractivity contribution is -0.121. The zero-order chi connectivity index (χ0) is 13.2. The average molecular weight is 250 g/mol. The highest BCUT2D eigenvalue weighted by atomic mass is 16.3. The molecule has 2 N–H and O–H groups in total. The molecule has 0 aromatic carbocycles. The van der Waals surface area contributed by atoms with Crippen LogP contribution in [0.3, 0.4) is 0 Å². The van der Waals surface area contributed by atoms with Gasteiger partial charge in [0.05, 0.1) is 12.8 Å². The third-order valence-corrected chi connectivity index (χ3v) is 3.08. The topological polar surface area (TPSA) is 54.3 Å². The highest BCUT2D eigenvalue weighted by Crippen LogP contribution is 2.30. The van der Waals surface area contributed by atoms with E-state index in [9.17, 15) is 4.79 Å². The Labute approximate surface area is 108 Å². The smallest absolute Gasteiger partial charge is 0.234 e. The number of carbonyl (C=O) groups is 1. The zero-order valence-electron chi connectivity index (χ0n) is 11.4. The molecule has 1 aromatic heterocycles. The summed E-state index contributed by atoms with van der Waals surface area (Å²) in [5, 5.41) is 6.27. The maximum Gasteiger partial charge on any atom is 0.234 e. The van der Waals surface area contributed by atoms with Crippen LogP contribution in [0.1, 0.15) is 51.0 Å². The van der Waals surface area contributed by atoms with Gasteiger partial charge in [-0.3, -0.25) is 4.79 Å². The summed E-state index contributed by atoms with van der Waals surface area (Å²) in [7, 11) is 0. The number of rotatable bonds is 3. The van der Waals surface area contributed by atoms with Crippen LogP contribution in [0, 0.1) is 0 Å². The fourth-order valence-corrected chi connectivity index (χ4v) is 2.38. The van der Waals surface area contributed by atoms with Gasteiger partial charge in [-0.15, -0.1) is 0 Å². The van der Waals surface area contributed by atoms with E-state index in [0.717, 1.165) is 25.0 Å². The first-order valence-corrected chi connectivity index (χ1v) is 6.56. The number of amides is 1. The van der Waals surface area contributed by atoms with Crippen molar-refractivity contribution < 1.29 is 9.21 Å². The summed E-state index contributed by atoms with van der Waals surface area (Å²) >= 11 is 0. The lowest BCUT2D eigenvalue weighted by Crippen LogP contribution is -2.45. The molecule has 100 valence electrons. The summed E-state index contributed by atoms with van der Waals surface area (Å²) in [5.74, 6) is 1.10. The summed E-state index contributed by atoms with van der Waals surface area (Å²) in [6.07, 6.45) is 4.92. The number of fused-ring (bicyclic) bond motifs is 1. The summed E-state index contributed by atoms with van der Waals surface area (Å²) in [6, 6.07) is 2.26. The predicted molar refractivity (Wildman–Crippen MR) is 70.3 cm³/mol. The molecule has 1 heterocycles. The first-order chi connectivity index (χ1) is 8.46. The number of hydrogen-bond donors (Lipinski definition) is 2. The van der Waals surface area contributed by atoms with Gasteiger partial charge >= 0.3 is 0 Å². The Morgan fingerprint density at radius 3 is 3.00 bits per heavy atom. The highest BCUT2D eigenvalue weighted by Gasteiger charge is 2.23. The maximum absolute atomic E-state index is 11.8. The molecule has 1 aliphatic carbocycles. The van der Waals surface area contributed by atoms with Crippen molar-refractivity contribution in [1.29, 1.82) is 0 Å². The number of furan rings is 1. The third kappa shape index (κ3) is 3.35. The SMILES string of the molecule is CC(C)(C)NC(=O)CN[C@@H]1CCCc2occc21. The molecule has 4 heteroatoms. The highest BCUT2D eigenvalue weighted by molar-refractivity contribution is 5.78. The predicted octanol–water partition coefficient (Wildman–Crippen LogP) is 2.16. The first kappa shape index (κ1) is 13.1. The number of carbonyl (C=O) groups excluding carboxylic acids is 1. The Morgan fingerprint density at radius 1 is 1.50 bits per heavy atom. The van der Waals surface area contributed by atoms with Gasteiger partial charge in [0.25, 0.3) is 0 Å². The third-order valence-electron chi connectivity index (χ3n) is 3.08. The van der Waals surface area contributed by atoms with Crippen molar-refractivity contribution in [3.05, 3.63) is 23.7 Å². The molecular weight excluding hydrogens is 228 g/mol. The van der Waals surface area contributed by atoms with Crippen LogP contribution in [0.15, 0.2) is 16.7 Å². The zero-order valence-corrected chi connectivity index (χ0v) is 11.4. The molecule has 0 unspecified atom stereocenters. The summed E-state index contributed by atoms with van der Waals surface area (Å²) in [6.45, 7) is 6.31. The molecule has 0 fully saturated rings. The van der Waals surface area contributed by atoms with Gasteiger partial charge in [0, 0.05) is 23.6 Å². The van der Waals surface area contributed by atoms with Crippen molar-refractivity contribution in [1.82, 2.24) is 10.6 Å². The lowest BCUT2D eigenvalue weighted by Gasteiger charge is -2.24. The maximum atomic E-state index is 11.8. The molecule has 0 radical (unpaired) electrons. The van der Waals surface area contributed by atoms with E-state index in [4.69, 9.17) is 4.42 Å². The average Bonchev–Trinajstić information content (AvgIpc) is 2.72. The summed E-state index contributed by atoms with van der Waals surface area (Å²) < 4.78 is 5.43. The number of nitrogens with one attached hydrogen (secondary N) is 2.